The molecule has 0 saturated carbocycles. The van der Waals surface area contributed by atoms with Crippen LogP contribution in [0.25, 0.3) is 0 Å². The Hall–Kier alpha value is -1.19. The second-order valence-electron chi connectivity index (χ2n) is 5.02. The van der Waals surface area contributed by atoms with Crippen molar-refractivity contribution in [3.63, 3.8) is 0 Å². The van der Waals surface area contributed by atoms with Crippen molar-refractivity contribution in [2.24, 2.45) is 0 Å². The third-order valence-electron chi connectivity index (χ3n) is 3.43. The van der Waals surface area contributed by atoms with Crippen LogP contribution in [0.4, 0.5) is 4.39 Å². The van der Waals surface area contributed by atoms with Gasteiger partial charge in [-0.2, -0.15) is 0 Å². The maximum atomic E-state index is 13.4. The summed E-state index contributed by atoms with van der Waals surface area (Å²) in [6.45, 7) is 7.13. The van der Waals surface area contributed by atoms with Gasteiger partial charge >= 0.3 is 0 Å². The van der Waals surface area contributed by atoms with Gasteiger partial charge in [-0.15, -0.1) is 0 Å². The summed E-state index contributed by atoms with van der Waals surface area (Å²) in [5, 5.41) is 3.49. The molecule has 0 aliphatic heterocycles. The lowest BCUT2D eigenvalue weighted by molar-refractivity contribution is 0.607. The van der Waals surface area contributed by atoms with Crippen molar-refractivity contribution in [2.75, 3.05) is 6.54 Å². The summed E-state index contributed by atoms with van der Waals surface area (Å²) in [5.74, 6) is -0.232. The zero-order valence-electron chi connectivity index (χ0n) is 12.0. The normalized spacial score (nSPS) is 12.4. The Morgan fingerprint density at radius 1 is 1.15 bits per heavy atom. The van der Waals surface area contributed by atoms with Gasteiger partial charge in [0.2, 0.25) is 0 Å². The van der Waals surface area contributed by atoms with Crippen LogP contribution in [0, 0.1) is 19.7 Å². The molecule has 106 valence electrons. The van der Waals surface area contributed by atoms with Crippen LogP contribution in [0.3, 0.4) is 0 Å². The minimum Gasteiger partial charge on any atom is -0.307 e. The number of hydrogen-bond donors (Lipinski definition) is 1. The molecule has 2 aromatic rings. The topological polar surface area (TPSA) is 12.0 Å². The third-order valence-corrected chi connectivity index (χ3v) is 4.04. The van der Waals surface area contributed by atoms with Gasteiger partial charge in [-0.05, 0) is 65.1 Å². The number of rotatable bonds is 4. The first-order chi connectivity index (χ1) is 9.52. The van der Waals surface area contributed by atoms with Crippen molar-refractivity contribution < 1.29 is 4.39 Å². The van der Waals surface area contributed by atoms with E-state index in [-0.39, 0.29) is 11.9 Å². The third kappa shape index (κ3) is 3.28. The van der Waals surface area contributed by atoms with Crippen molar-refractivity contribution >= 4 is 15.9 Å². The molecule has 1 N–H and O–H groups in total. The van der Waals surface area contributed by atoms with Crippen molar-refractivity contribution in [3.8, 4) is 0 Å². The molecule has 0 saturated heterocycles. The summed E-state index contributed by atoms with van der Waals surface area (Å²) in [4.78, 5) is 0. The average molecular weight is 336 g/mol. The summed E-state index contributed by atoms with van der Waals surface area (Å²) in [6, 6.07) is 11.7. The molecule has 0 amide bonds. The van der Waals surface area contributed by atoms with Gasteiger partial charge in [0.1, 0.15) is 5.82 Å². The van der Waals surface area contributed by atoms with Gasteiger partial charge < -0.3 is 5.32 Å². The molecule has 0 radical (unpaired) electrons. The van der Waals surface area contributed by atoms with E-state index >= 15 is 0 Å². The Kier molecular flexibility index (Phi) is 4.95. The standard InChI is InChI=1S/C17H19BrFN/c1-4-20-17(13-7-8-16(19)15(18)10-13)14-9-11(2)5-6-12(14)3/h5-10,17,20H,4H2,1-3H3. The van der Waals surface area contributed by atoms with Gasteiger partial charge in [-0.3, -0.25) is 0 Å². The molecule has 3 heteroatoms. The Bertz CT molecular complexity index is 610. The van der Waals surface area contributed by atoms with E-state index in [9.17, 15) is 4.39 Å². The van der Waals surface area contributed by atoms with E-state index in [4.69, 9.17) is 0 Å². The van der Waals surface area contributed by atoms with Crippen molar-refractivity contribution in [1.82, 2.24) is 5.32 Å². The molecule has 0 aliphatic carbocycles. The number of hydrogen-bond acceptors (Lipinski definition) is 1. The molecule has 0 bridgehead atoms. The summed E-state index contributed by atoms with van der Waals surface area (Å²) < 4.78 is 13.9. The largest absolute Gasteiger partial charge is 0.307 e. The molecular weight excluding hydrogens is 317 g/mol. The van der Waals surface area contributed by atoms with Gasteiger partial charge in [0.25, 0.3) is 0 Å². The molecule has 1 nitrogen and oxygen atoms in total. The van der Waals surface area contributed by atoms with Crippen molar-refractivity contribution in [2.45, 2.75) is 26.8 Å². The minimum absolute atomic E-state index is 0.0804. The summed E-state index contributed by atoms with van der Waals surface area (Å²) in [7, 11) is 0. The second-order valence-corrected chi connectivity index (χ2v) is 5.88. The fourth-order valence-corrected chi connectivity index (χ4v) is 2.77. The van der Waals surface area contributed by atoms with Crippen LogP contribution >= 0.6 is 15.9 Å². The number of nitrogens with one attached hydrogen (secondary N) is 1. The quantitative estimate of drug-likeness (QED) is 0.837. The fraction of sp³-hybridized carbons (Fsp3) is 0.294. The SMILES string of the molecule is CCNC(c1ccc(F)c(Br)c1)c1cc(C)ccc1C. The van der Waals surface area contributed by atoms with Crippen LogP contribution in [0.1, 0.15) is 35.2 Å². The highest BCUT2D eigenvalue weighted by molar-refractivity contribution is 9.10. The van der Waals surface area contributed by atoms with E-state index in [0.717, 1.165) is 12.1 Å². The van der Waals surface area contributed by atoms with E-state index in [2.05, 4.69) is 60.2 Å². The lowest BCUT2D eigenvalue weighted by atomic mass is 9.93. The average Bonchev–Trinajstić information content (AvgIpc) is 2.42. The van der Waals surface area contributed by atoms with E-state index in [1.54, 1.807) is 0 Å². The predicted octanol–water partition coefficient (Wildman–Crippen LogP) is 4.90. The second kappa shape index (κ2) is 6.51. The lowest BCUT2D eigenvalue weighted by Crippen LogP contribution is -2.23. The van der Waals surface area contributed by atoms with Gasteiger partial charge in [-0.25, -0.2) is 4.39 Å². The van der Waals surface area contributed by atoms with Crippen LogP contribution in [0.5, 0.6) is 0 Å². The van der Waals surface area contributed by atoms with Crippen LogP contribution in [-0.4, -0.2) is 6.54 Å². The molecule has 0 aliphatic rings. The first-order valence-corrected chi connectivity index (χ1v) is 7.57. The monoisotopic (exact) mass is 335 g/mol. The van der Waals surface area contributed by atoms with Gasteiger partial charge in [0.15, 0.2) is 0 Å². The zero-order valence-corrected chi connectivity index (χ0v) is 13.6. The van der Waals surface area contributed by atoms with E-state index in [1.807, 2.05) is 12.1 Å². The van der Waals surface area contributed by atoms with Gasteiger partial charge in [-0.1, -0.05) is 36.8 Å². The maximum absolute atomic E-state index is 13.4. The molecule has 1 unspecified atom stereocenters. The van der Waals surface area contributed by atoms with Crippen LogP contribution in [0.15, 0.2) is 40.9 Å². The van der Waals surface area contributed by atoms with E-state index < -0.39 is 0 Å². The lowest BCUT2D eigenvalue weighted by Gasteiger charge is -2.22. The zero-order chi connectivity index (χ0) is 14.7. The maximum Gasteiger partial charge on any atom is 0.137 e. The summed E-state index contributed by atoms with van der Waals surface area (Å²) in [5.41, 5.74) is 4.77. The first kappa shape index (κ1) is 15.2. The van der Waals surface area contributed by atoms with Crippen molar-refractivity contribution in [3.05, 3.63) is 68.9 Å². The molecule has 0 heterocycles. The van der Waals surface area contributed by atoms with Crippen molar-refractivity contribution in [1.29, 1.82) is 0 Å². The van der Waals surface area contributed by atoms with E-state index in [1.165, 1.54) is 22.8 Å². The molecule has 2 aromatic carbocycles. The molecule has 0 spiro atoms. The van der Waals surface area contributed by atoms with Crippen LogP contribution in [-0.2, 0) is 0 Å². The first-order valence-electron chi connectivity index (χ1n) is 6.78. The molecule has 0 aromatic heterocycles. The Balaban J connectivity index is 2.49. The predicted molar refractivity (Wildman–Crippen MR) is 85.5 cm³/mol. The highest BCUT2D eigenvalue weighted by Gasteiger charge is 2.16. The number of halogens is 2. The van der Waals surface area contributed by atoms with Gasteiger partial charge in [0.05, 0.1) is 10.5 Å². The Morgan fingerprint density at radius 2 is 1.90 bits per heavy atom. The Labute approximate surface area is 128 Å². The number of benzene rings is 2. The molecule has 2 rings (SSSR count). The number of aryl methyl sites for hydroxylation is 2. The van der Waals surface area contributed by atoms with Crippen LogP contribution < -0.4 is 5.32 Å². The fourth-order valence-electron chi connectivity index (χ4n) is 2.37. The minimum atomic E-state index is -0.232. The summed E-state index contributed by atoms with van der Waals surface area (Å²) >= 11 is 3.27. The van der Waals surface area contributed by atoms with Gasteiger partial charge in [0, 0.05) is 0 Å². The van der Waals surface area contributed by atoms with Crippen LogP contribution in [0.2, 0.25) is 0 Å². The smallest absolute Gasteiger partial charge is 0.137 e. The summed E-state index contributed by atoms with van der Waals surface area (Å²) in [6.07, 6.45) is 0. The molecule has 0 fully saturated rings. The highest BCUT2D eigenvalue weighted by atomic mass is 79.9. The molecule has 1 atom stereocenters. The Morgan fingerprint density at radius 3 is 2.55 bits per heavy atom. The van der Waals surface area contributed by atoms with E-state index in [0.29, 0.717) is 4.47 Å². The molecular formula is C17H19BrFN. The molecule has 20 heavy (non-hydrogen) atoms. The highest BCUT2D eigenvalue weighted by Crippen LogP contribution is 2.28.